The molecule has 0 fully saturated rings. The molecular weight excluding hydrogens is 164 g/mol. The van der Waals surface area contributed by atoms with Crippen molar-refractivity contribution in [3.05, 3.63) is 0 Å². The van der Waals surface area contributed by atoms with Crippen LogP contribution in [0.4, 0.5) is 0 Å². The van der Waals surface area contributed by atoms with Crippen LogP contribution in [0.15, 0.2) is 0 Å². The Labute approximate surface area is 81.1 Å². The van der Waals surface area contributed by atoms with Gasteiger partial charge >= 0.3 is 0 Å². The van der Waals surface area contributed by atoms with Crippen molar-refractivity contribution in [2.45, 2.75) is 46.1 Å². The van der Waals surface area contributed by atoms with Crippen LogP contribution in [0.1, 0.15) is 40.5 Å². The molecule has 0 aliphatic rings. The molecule has 0 aliphatic heterocycles. The molecule has 3 nitrogen and oxygen atoms in total. The minimum absolute atomic E-state index is 0.0315. The van der Waals surface area contributed by atoms with Crippen molar-refractivity contribution >= 4 is 5.91 Å². The molecule has 3 heteroatoms. The van der Waals surface area contributed by atoms with E-state index in [1.807, 2.05) is 13.8 Å². The van der Waals surface area contributed by atoms with Crippen LogP contribution in [-0.4, -0.2) is 18.0 Å². The maximum Gasteiger partial charge on any atom is 0.223 e. The molecule has 0 rings (SSSR count). The van der Waals surface area contributed by atoms with Gasteiger partial charge in [-0.2, -0.15) is 0 Å². The minimum Gasteiger partial charge on any atom is -0.349 e. The predicted molar refractivity (Wildman–Crippen MR) is 55.3 cm³/mol. The fourth-order valence-electron chi connectivity index (χ4n) is 1.17. The van der Waals surface area contributed by atoms with Crippen molar-refractivity contribution in [1.29, 1.82) is 0 Å². The summed E-state index contributed by atoms with van der Waals surface area (Å²) in [7, 11) is 0. The third-order valence-electron chi connectivity index (χ3n) is 2.66. The van der Waals surface area contributed by atoms with E-state index in [-0.39, 0.29) is 17.4 Å². The zero-order valence-electron chi connectivity index (χ0n) is 9.18. The van der Waals surface area contributed by atoms with Crippen LogP contribution in [0, 0.1) is 5.92 Å². The largest absolute Gasteiger partial charge is 0.349 e. The number of hydrogen-bond donors (Lipinski definition) is 2. The molecule has 0 saturated carbocycles. The fraction of sp³-hybridized carbons (Fsp3) is 0.900. The molecule has 78 valence electrons. The Morgan fingerprint density at radius 1 is 1.38 bits per heavy atom. The van der Waals surface area contributed by atoms with E-state index in [4.69, 9.17) is 5.73 Å². The lowest BCUT2D eigenvalue weighted by atomic mass is 9.92. The summed E-state index contributed by atoms with van der Waals surface area (Å²) < 4.78 is 0. The summed E-state index contributed by atoms with van der Waals surface area (Å²) in [6.07, 6.45) is 1.77. The van der Waals surface area contributed by atoms with Gasteiger partial charge in [0, 0.05) is 12.5 Å². The highest BCUT2D eigenvalue weighted by Gasteiger charge is 2.26. The van der Waals surface area contributed by atoms with Crippen LogP contribution < -0.4 is 11.1 Å². The van der Waals surface area contributed by atoms with E-state index in [1.165, 1.54) is 0 Å². The first-order valence-corrected chi connectivity index (χ1v) is 5.03. The second-order valence-corrected chi connectivity index (χ2v) is 3.84. The average molecular weight is 186 g/mol. The molecule has 0 heterocycles. The lowest BCUT2D eigenvalue weighted by Crippen LogP contribution is -2.53. The van der Waals surface area contributed by atoms with E-state index >= 15 is 0 Å². The van der Waals surface area contributed by atoms with E-state index in [0.717, 1.165) is 12.8 Å². The average Bonchev–Trinajstić information content (AvgIpc) is 2.14. The molecule has 0 spiro atoms. The highest BCUT2D eigenvalue weighted by molar-refractivity contribution is 5.78. The Bertz CT molecular complexity index is 154. The normalized spacial score (nSPS) is 11.8. The van der Waals surface area contributed by atoms with Gasteiger partial charge in [-0.3, -0.25) is 4.79 Å². The summed E-state index contributed by atoms with van der Waals surface area (Å²) in [4.78, 5) is 11.5. The van der Waals surface area contributed by atoms with Crippen LogP contribution in [0.2, 0.25) is 0 Å². The van der Waals surface area contributed by atoms with Crippen molar-refractivity contribution in [2.75, 3.05) is 6.54 Å². The number of nitrogens with one attached hydrogen (secondary N) is 1. The van der Waals surface area contributed by atoms with Crippen LogP contribution in [-0.2, 0) is 4.79 Å². The molecule has 0 atom stereocenters. The quantitative estimate of drug-likeness (QED) is 0.679. The van der Waals surface area contributed by atoms with E-state index in [9.17, 15) is 4.79 Å². The van der Waals surface area contributed by atoms with Crippen molar-refractivity contribution in [3.8, 4) is 0 Å². The van der Waals surface area contributed by atoms with Gasteiger partial charge in [0.15, 0.2) is 0 Å². The van der Waals surface area contributed by atoms with Gasteiger partial charge < -0.3 is 11.1 Å². The smallest absolute Gasteiger partial charge is 0.223 e. The van der Waals surface area contributed by atoms with Crippen LogP contribution in [0.25, 0.3) is 0 Å². The Morgan fingerprint density at radius 2 is 1.85 bits per heavy atom. The molecule has 0 aromatic carbocycles. The number of nitrogens with two attached hydrogens (primary N) is 1. The lowest BCUT2D eigenvalue weighted by molar-refractivity contribution is -0.126. The second-order valence-electron chi connectivity index (χ2n) is 3.84. The molecule has 0 bridgehead atoms. The monoisotopic (exact) mass is 186 g/mol. The van der Waals surface area contributed by atoms with Gasteiger partial charge in [-0.25, -0.2) is 0 Å². The van der Waals surface area contributed by atoms with Crippen LogP contribution >= 0.6 is 0 Å². The number of carbonyl (C=O) groups is 1. The van der Waals surface area contributed by atoms with E-state index in [2.05, 4.69) is 19.2 Å². The Balaban J connectivity index is 4.33. The molecule has 0 unspecified atom stereocenters. The first kappa shape index (κ1) is 12.4. The third kappa shape index (κ3) is 3.35. The Morgan fingerprint density at radius 3 is 2.08 bits per heavy atom. The van der Waals surface area contributed by atoms with Crippen molar-refractivity contribution in [1.82, 2.24) is 5.32 Å². The first-order chi connectivity index (χ1) is 6.01. The molecule has 0 radical (unpaired) electrons. The third-order valence-corrected chi connectivity index (χ3v) is 2.66. The molecule has 0 aromatic rings. The predicted octanol–water partition coefficient (Wildman–Crippen LogP) is 1.28. The summed E-state index contributed by atoms with van der Waals surface area (Å²) >= 11 is 0. The summed E-state index contributed by atoms with van der Waals surface area (Å²) in [6.45, 7) is 8.40. The van der Waals surface area contributed by atoms with Crippen molar-refractivity contribution in [2.24, 2.45) is 11.7 Å². The molecular formula is C10H22N2O. The van der Waals surface area contributed by atoms with E-state index < -0.39 is 0 Å². The van der Waals surface area contributed by atoms with Gasteiger partial charge in [-0.05, 0) is 12.8 Å². The number of rotatable bonds is 5. The second kappa shape index (κ2) is 5.22. The van der Waals surface area contributed by atoms with E-state index in [0.29, 0.717) is 6.54 Å². The number of amides is 1. The van der Waals surface area contributed by atoms with Gasteiger partial charge in [0.25, 0.3) is 0 Å². The van der Waals surface area contributed by atoms with Crippen LogP contribution in [0.5, 0.6) is 0 Å². The van der Waals surface area contributed by atoms with Crippen LogP contribution in [0.3, 0.4) is 0 Å². The Kier molecular flexibility index (Phi) is 4.99. The summed E-state index contributed by atoms with van der Waals surface area (Å²) in [5.41, 5.74) is 5.47. The zero-order chi connectivity index (χ0) is 10.5. The number of carbonyl (C=O) groups excluding carboxylic acids is 1. The maximum absolute atomic E-state index is 11.5. The van der Waals surface area contributed by atoms with Crippen molar-refractivity contribution in [3.63, 3.8) is 0 Å². The minimum atomic E-state index is -0.193. The number of hydrogen-bond acceptors (Lipinski definition) is 2. The van der Waals surface area contributed by atoms with E-state index in [1.54, 1.807) is 0 Å². The van der Waals surface area contributed by atoms with Gasteiger partial charge in [-0.15, -0.1) is 0 Å². The zero-order valence-corrected chi connectivity index (χ0v) is 9.18. The molecule has 0 aromatic heterocycles. The van der Waals surface area contributed by atoms with Gasteiger partial charge in [-0.1, -0.05) is 27.7 Å². The first-order valence-electron chi connectivity index (χ1n) is 5.03. The lowest BCUT2D eigenvalue weighted by Gasteiger charge is -2.32. The molecule has 0 saturated heterocycles. The van der Waals surface area contributed by atoms with Gasteiger partial charge in [0.2, 0.25) is 5.91 Å². The highest BCUT2D eigenvalue weighted by Crippen LogP contribution is 2.13. The maximum atomic E-state index is 11.5. The summed E-state index contributed by atoms with van der Waals surface area (Å²) in [5.74, 6) is 0.123. The highest BCUT2D eigenvalue weighted by atomic mass is 16.2. The molecule has 13 heavy (non-hydrogen) atoms. The molecule has 0 aliphatic carbocycles. The fourth-order valence-corrected chi connectivity index (χ4v) is 1.17. The summed E-state index contributed by atoms with van der Waals surface area (Å²) in [5, 5.41) is 3.02. The Hall–Kier alpha value is -0.570. The molecule has 3 N–H and O–H groups in total. The summed E-state index contributed by atoms with van der Waals surface area (Å²) in [6, 6.07) is 0. The van der Waals surface area contributed by atoms with Gasteiger partial charge in [0.1, 0.15) is 0 Å². The topological polar surface area (TPSA) is 55.1 Å². The SMILES string of the molecule is CCC(CC)(CN)NC(=O)C(C)C. The van der Waals surface area contributed by atoms with Crippen molar-refractivity contribution < 1.29 is 4.79 Å². The molecule has 1 amide bonds. The van der Waals surface area contributed by atoms with Gasteiger partial charge in [0.05, 0.1) is 5.54 Å². The standard InChI is InChI=1S/C10H22N2O/c1-5-10(6-2,7-11)12-9(13)8(3)4/h8H,5-7,11H2,1-4H3,(H,12,13).